The van der Waals surface area contributed by atoms with Crippen molar-refractivity contribution >= 4 is 28.6 Å². The summed E-state index contributed by atoms with van der Waals surface area (Å²) >= 11 is 6.09. The number of furan rings is 1. The summed E-state index contributed by atoms with van der Waals surface area (Å²) in [6, 6.07) is 11.5. The molecule has 0 saturated heterocycles. The molecule has 3 aromatic rings. The van der Waals surface area contributed by atoms with Gasteiger partial charge in [-0.05, 0) is 31.0 Å². The van der Waals surface area contributed by atoms with Gasteiger partial charge in [0.25, 0.3) is 5.91 Å². The molecule has 24 heavy (non-hydrogen) atoms. The topological polar surface area (TPSA) is 47.2 Å². The average Bonchev–Trinajstić information content (AvgIpc) is 3.05. The van der Waals surface area contributed by atoms with Gasteiger partial charge in [-0.1, -0.05) is 37.1 Å². The minimum atomic E-state index is -0.0745. The summed E-state index contributed by atoms with van der Waals surface area (Å²) in [7, 11) is 0. The van der Waals surface area contributed by atoms with Crippen LogP contribution in [0.4, 0.5) is 0 Å². The number of hydrogen-bond donors (Lipinski definition) is 1. The normalized spacial score (nSPS) is 11.1. The standard InChI is InChI=1S/C19H21ClN2O2/c1-3-4-8-21-19(23)17-11-18-16(9-13(2)24-18)22(17)12-14-6-5-7-15(20)10-14/h5-7,9-11H,3-4,8,12H2,1-2H3,(H,21,23). The summed E-state index contributed by atoms with van der Waals surface area (Å²) in [5.41, 5.74) is 3.31. The molecule has 0 spiro atoms. The monoisotopic (exact) mass is 344 g/mol. The van der Waals surface area contributed by atoms with E-state index in [2.05, 4.69) is 12.2 Å². The SMILES string of the molecule is CCCCNC(=O)c1cc2oc(C)cc2n1Cc1cccc(Cl)c1. The van der Waals surface area contributed by atoms with Crippen LogP contribution in [0.3, 0.4) is 0 Å². The third-order valence-corrected chi connectivity index (χ3v) is 4.23. The second kappa shape index (κ2) is 7.14. The van der Waals surface area contributed by atoms with Gasteiger partial charge in [-0.2, -0.15) is 0 Å². The molecule has 126 valence electrons. The highest BCUT2D eigenvalue weighted by Crippen LogP contribution is 2.25. The van der Waals surface area contributed by atoms with E-state index in [4.69, 9.17) is 16.0 Å². The van der Waals surface area contributed by atoms with E-state index in [9.17, 15) is 4.79 Å². The summed E-state index contributed by atoms with van der Waals surface area (Å²) in [5, 5.41) is 3.66. The van der Waals surface area contributed by atoms with Gasteiger partial charge in [0.05, 0.1) is 5.52 Å². The van der Waals surface area contributed by atoms with E-state index in [1.807, 2.05) is 47.9 Å². The van der Waals surface area contributed by atoms with Crippen LogP contribution in [0.1, 0.15) is 41.6 Å². The predicted octanol–water partition coefficient (Wildman–Crippen LogP) is 4.77. The molecule has 0 fully saturated rings. The zero-order valence-corrected chi connectivity index (χ0v) is 14.7. The lowest BCUT2D eigenvalue weighted by molar-refractivity contribution is 0.0944. The fourth-order valence-electron chi connectivity index (χ4n) is 2.81. The fourth-order valence-corrected chi connectivity index (χ4v) is 3.02. The number of hydrogen-bond acceptors (Lipinski definition) is 2. The molecule has 2 aromatic heterocycles. The van der Waals surface area contributed by atoms with Crippen molar-refractivity contribution in [3.8, 4) is 0 Å². The molecule has 2 heterocycles. The van der Waals surface area contributed by atoms with Gasteiger partial charge in [0.2, 0.25) is 0 Å². The molecule has 0 atom stereocenters. The number of carbonyl (C=O) groups is 1. The number of halogens is 1. The van der Waals surface area contributed by atoms with Crippen LogP contribution in [0, 0.1) is 6.92 Å². The first kappa shape index (κ1) is 16.7. The number of unbranched alkanes of at least 4 members (excludes halogenated alkanes) is 1. The number of aryl methyl sites for hydroxylation is 1. The van der Waals surface area contributed by atoms with Crippen molar-refractivity contribution in [3.63, 3.8) is 0 Å². The highest BCUT2D eigenvalue weighted by molar-refractivity contribution is 6.30. The minimum Gasteiger partial charge on any atom is -0.460 e. The summed E-state index contributed by atoms with van der Waals surface area (Å²) in [5.74, 6) is 0.757. The van der Waals surface area contributed by atoms with E-state index < -0.39 is 0 Å². The molecular formula is C19H21ClN2O2. The Bertz CT molecular complexity index is 864. The Morgan fingerprint density at radius 3 is 2.88 bits per heavy atom. The third kappa shape index (κ3) is 3.49. The van der Waals surface area contributed by atoms with Gasteiger partial charge in [0.1, 0.15) is 11.5 Å². The van der Waals surface area contributed by atoms with Gasteiger partial charge >= 0.3 is 0 Å². The first-order valence-electron chi connectivity index (χ1n) is 8.21. The molecule has 4 nitrogen and oxygen atoms in total. The zero-order chi connectivity index (χ0) is 17.1. The van der Waals surface area contributed by atoms with Crippen LogP contribution in [0.15, 0.2) is 40.8 Å². The summed E-state index contributed by atoms with van der Waals surface area (Å²) in [6.07, 6.45) is 2.02. The quantitative estimate of drug-likeness (QED) is 0.654. The largest absolute Gasteiger partial charge is 0.460 e. The number of nitrogens with zero attached hydrogens (tertiary/aromatic N) is 1. The van der Waals surface area contributed by atoms with Gasteiger partial charge in [-0.25, -0.2) is 0 Å². The van der Waals surface area contributed by atoms with Crippen LogP contribution in [0.25, 0.3) is 11.1 Å². The Hall–Kier alpha value is -2.20. The maximum absolute atomic E-state index is 12.6. The van der Waals surface area contributed by atoms with Crippen LogP contribution in [-0.2, 0) is 6.54 Å². The molecule has 0 aliphatic rings. The summed E-state index contributed by atoms with van der Waals surface area (Å²) in [4.78, 5) is 12.6. The lowest BCUT2D eigenvalue weighted by atomic mass is 10.2. The molecule has 5 heteroatoms. The van der Waals surface area contributed by atoms with E-state index in [-0.39, 0.29) is 5.91 Å². The second-order valence-corrected chi connectivity index (χ2v) is 6.40. The highest BCUT2D eigenvalue weighted by Gasteiger charge is 2.18. The van der Waals surface area contributed by atoms with Crippen molar-refractivity contribution in [2.24, 2.45) is 0 Å². The van der Waals surface area contributed by atoms with Crippen molar-refractivity contribution < 1.29 is 9.21 Å². The smallest absolute Gasteiger partial charge is 0.268 e. The molecule has 1 amide bonds. The highest BCUT2D eigenvalue weighted by atomic mass is 35.5. The van der Waals surface area contributed by atoms with Crippen molar-refractivity contribution in [2.45, 2.75) is 33.2 Å². The van der Waals surface area contributed by atoms with Gasteiger partial charge in [-0.3, -0.25) is 4.79 Å². The summed E-state index contributed by atoms with van der Waals surface area (Å²) in [6.45, 7) is 5.26. The zero-order valence-electron chi connectivity index (χ0n) is 13.9. The molecule has 0 radical (unpaired) electrons. The van der Waals surface area contributed by atoms with Crippen LogP contribution >= 0.6 is 11.6 Å². The molecule has 1 aromatic carbocycles. The second-order valence-electron chi connectivity index (χ2n) is 5.96. The Kier molecular flexibility index (Phi) is 4.95. The van der Waals surface area contributed by atoms with E-state index >= 15 is 0 Å². The first-order valence-corrected chi connectivity index (χ1v) is 8.58. The van der Waals surface area contributed by atoms with Gasteiger partial charge < -0.3 is 14.3 Å². The average molecular weight is 345 g/mol. The number of nitrogens with one attached hydrogen (secondary N) is 1. The number of benzene rings is 1. The van der Waals surface area contributed by atoms with Crippen LogP contribution in [-0.4, -0.2) is 17.0 Å². The minimum absolute atomic E-state index is 0.0745. The molecule has 0 bridgehead atoms. The lowest BCUT2D eigenvalue weighted by Gasteiger charge is -2.11. The van der Waals surface area contributed by atoms with Crippen LogP contribution < -0.4 is 5.32 Å². The predicted molar refractivity (Wildman–Crippen MR) is 96.7 cm³/mol. The molecule has 0 aliphatic heterocycles. The Morgan fingerprint density at radius 2 is 2.12 bits per heavy atom. The third-order valence-electron chi connectivity index (χ3n) is 3.99. The van der Waals surface area contributed by atoms with E-state index in [0.29, 0.717) is 23.8 Å². The Labute approximate surface area is 146 Å². The van der Waals surface area contributed by atoms with Crippen LogP contribution in [0.5, 0.6) is 0 Å². The van der Waals surface area contributed by atoms with Gasteiger partial charge in [-0.15, -0.1) is 0 Å². The van der Waals surface area contributed by atoms with Gasteiger partial charge in [0.15, 0.2) is 5.58 Å². The van der Waals surface area contributed by atoms with Crippen molar-refractivity contribution in [3.05, 3.63) is 58.4 Å². The van der Waals surface area contributed by atoms with E-state index in [1.54, 1.807) is 0 Å². The van der Waals surface area contributed by atoms with E-state index in [1.165, 1.54) is 0 Å². The Morgan fingerprint density at radius 1 is 1.29 bits per heavy atom. The first-order chi connectivity index (χ1) is 11.6. The van der Waals surface area contributed by atoms with Gasteiger partial charge in [0, 0.05) is 30.2 Å². The van der Waals surface area contributed by atoms with Crippen molar-refractivity contribution in [1.82, 2.24) is 9.88 Å². The molecular weight excluding hydrogens is 324 g/mol. The van der Waals surface area contributed by atoms with Crippen molar-refractivity contribution in [2.75, 3.05) is 6.54 Å². The summed E-state index contributed by atoms with van der Waals surface area (Å²) < 4.78 is 7.68. The molecule has 3 rings (SSSR count). The number of rotatable bonds is 6. The molecule has 0 aliphatic carbocycles. The number of fused-ring (bicyclic) bond motifs is 1. The Balaban J connectivity index is 1.96. The number of aromatic nitrogens is 1. The maximum atomic E-state index is 12.6. The maximum Gasteiger partial charge on any atom is 0.268 e. The molecule has 0 unspecified atom stereocenters. The van der Waals surface area contributed by atoms with Crippen molar-refractivity contribution in [1.29, 1.82) is 0 Å². The fraction of sp³-hybridized carbons (Fsp3) is 0.316. The van der Waals surface area contributed by atoms with Crippen LogP contribution in [0.2, 0.25) is 5.02 Å². The molecule has 1 N–H and O–H groups in total. The lowest BCUT2D eigenvalue weighted by Crippen LogP contribution is -2.27. The van der Waals surface area contributed by atoms with E-state index in [0.717, 1.165) is 35.3 Å². The molecule has 0 saturated carbocycles. The number of amides is 1. The number of carbonyl (C=O) groups excluding carboxylic acids is 1.